The Morgan fingerprint density at radius 1 is 1.22 bits per heavy atom. The minimum atomic E-state index is -0.0720. The number of methoxy groups -OCH3 is 1. The largest absolute Gasteiger partial charge is 0.497 e. The molecule has 122 valence electrons. The number of pyridine rings is 1. The van der Waals surface area contributed by atoms with Crippen LogP contribution in [0.3, 0.4) is 0 Å². The van der Waals surface area contributed by atoms with Crippen molar-refractivity contribution in [3.63, 3.8) is 0 Å². The Hall–Kier alpha value is -2.56. The molecule has 0 spiro atoms. The fraction of sp³-hybridized carbons (Fsp3) is 0.333. The fourth-order valence-electron chi connectivity index (χ4n) is 2.17. The van der Waals surface area contributed by atoms with E-state index < -0.39 is 0 Å². The van der Waals surface area contributed by atoms with Crippen LogP contribution in [0, 0.1) is 0 Å². The monoisotopic (exact) mass is 313 g/mol. The average Bonchev–Trinajstić information content (AvgIpc) is 2.59. The Balaban J connectivity index is 2.00. The summed E-state index contributed by atoms with van der Waals surface area (Å²) in [6.45, 7) is 2.84. The van der Waals surface area contributed by atoms with Crippen LogP contribution in [0.4, 0.5) is 11.5 Å². The number of nitrogens with zero attached hydrogens (tertiary/aromatic N) is 1. The Labute approximate surface area is 137 Å². The second-order valence-corrected chi connectivity index (χ2v) is 5.25. The van der Waals surface area contributed by atoms with Crippen LogP contribution in [-0.2, 0) is 0 Å². The molecule has 0 aliphatic rings. The molecule has 0 unspecified atom stereocenters. The summed E-state index contributed by atoms with van der Waals surface area (Å²) >= 11 is 0. The van der Waals surface area contributed by atoms with Crippen molar-refractivity contribution in [2.24, 2.45) is 0 Å². The van der Waals surface area contributed by atoms with Gasteiger partial charge in [0.1, 0.15) is 11.6 Å². The third-order valence-electron chi connectivity index (χ3n) is 3.43. The number of unbranched alkanes of at least 4 members (excludes halogenated alkanes) is 2. The van der Waals surface area contributed by atoms with Crippen LogP contribution < -0.4 is 15.4 Å². The number of benzene rings is 1. The summed E-state index contributed by atoms with van der Waals surface area (Å²) in [5.41, 5.74) is 1.46. The van der Waals surface area contributed by atoms with E-state index in [1.165, 1.54) is 0 Å². The highest BCUT2D eigenvalue weighted by molar-refractivity contribution is 5.94. The molecular formula is C18H23N3O2. The standard InChI is InChI=1S/C18H23N3O2/c1-3-4-5-10-20-18(22)14-9-11-19-17(12-14)21-15-7-6-8-16(13-15)23-2/h6-9,11-13H,3-5,10H2,1-2H3,(H,19,21)(H,20,22). The first-order valence-electron chi connectivity index (χ1n) is 7.88. The number of carbonyl (C=O) groups excluding carboxylic acids is 1. The zero-order valence-electron chi connectivity index (χ0n) is 13.6. The molecule has 2 aromatic rings. The number of ether oxygens (including phenoxy) is 1. The molecule has 0 saturated carbocycles. The second kappa shape index (κ2) is 8.78. The third-order valence-corrected chi connectivity index (χ3v) is 3.43. The molecule has 0 fully saturated rings. The van der Waals surface area contributed by atoms with Crippen molar-refractivity contribution in [2.45, 2.75) is 26.2 Å². The van der Waals surface area contributed by atoms with E-state index in [-0.39, 0.29) is 5.91 Å². The number of hydrogen-bond donors (Lipinski definition) is 2. The van der Waals surface area contributed by atoms with Crippen molar-refractivity contribution in [1.29, 1.82) is 0 Å². The minimum absolute atomic E-state index is 0.0720. The van der Waals surface area contributed by atoms with Crippen LogP contribution >= 0.6 is 0 Å². The van der Waals surface area contributed by atoms with Crippen LogP contribution in [-0.4, -0.2) is 24.5 Å². The van der Waals surface area contributed by atoms with E-state index >= 15 is 0 Å². The van der Waals surface area contributed by atoms with E-state index in [1.54, 1.807) is 25.4 Å². The highest BCUT2D eigenvalue weighted by Crippen LogP contribution is 2.20. The maximum absolute atomic E-state index is 12.1. The molecule has 2 N–H and O–H groups in total. The highest BCUT2D eigenvalue weighted by atomic mass is 16.5. The molecule has 0 aliphatic carbocycles. The van der Waals surface area contributed by atoms with Crippen LogP contribution in [0.25, 0.3) is 0 Å². The number of aromatic nitrogens is 1. The van der Waals surface area contributed by atoms with Crippen molar-refractivity contribution in [1.82, 2.24) is 10.3 Å². The summed E-state index contributed by atoms with van der Waals surface area (Å²) < 4.78 is 5.19. The quantitative estimate of drug-likeness (QED) is 0.729. The summed E-state index contributed by atoms with van der Waals surface area (Å²) in [4.78, 5) is 16.4. The Morgan fingerprint density at radius 2 is 2.09 bits per heavy atom. The molecule has 5 nitrogen and oxygen atoms in total. The van der Waals surface area contributed by atoms with Gasteiger partial charge in [0, 0.05) is 30.1 Å². The molecule has 0 aliphatic heterocycles. The van der Waals surface area contributed by atoms with Gasteiger partial charge in [-0.2, -0.15) is 0 Å². The molecule has 0 atom stereocenters. The molecule has 0 saturated heterocycles. The highest BCUT2D eigenvalue weighted by Gasteiger charge is 2.06. The summed E-state index contributed by atoms with van der Waals surface area (Å²) in [6, 6.07) is 11.0. The molecule has 1 heterocycles. The second-order valence-electron chi connectivity index (χ2n) is 5.25. The van der Waals surface area contributed by atoms with Gasteiger partial charge in [0.2, 0.25) is 0 Å². The van der Waals surface area contributed by atoms with Gasteiger partial charge in [0.15, 0.2) is 0 Å². The lowest BCUT2D eigenvalue weighted by Crippen LogP contribution is -2.24. The van der Waals surface area contributed by atoms with Gasteiger partial charge in [-0.05, 0) is 30.7 Å². The number of nitrogens with one attached hydrogen (secondary N) is 2. The molecule has 1 amide bonds. The van der Waals surface area contributed by atoms with E-state index in [9.17, 15) is 4.79 Å². The average molecular weight is 313 g/mol. The van der Waals surface area contributed by atoms with Gasteiger partial charge in [0.05, 0.1) is 7.11 Å². The molecule has 1 aromatic heterocycles. The third kappa shape index (κ3) is 5.29. The van der Waals surface area contributed by atoms with Crippen LogP contribution in [0.2, 0.25) is 0 Å². The smallest absolute Gasteiger partial charge is 0.251 e. The molecule has 5 heteroatoms. The van der Waals surface area contributed by atoms with Crippen molar-refractivity contribution < 1.29 is 9.53 Å². The van der Waals surface area contributed by atoms with E-state index in [0.29, 0.717) is 17.9 Å². The molecule has 2 rings (SSSR count). The van der Waals surface area contributed by atoms with Gasteiger partial charge >= 0.3 is 0 Å². The number of carbonyl (C=O) groups is 1. The van der Waals surface area contributed by atoms with E-state index in [4.69, 9.17) is 4.74 Å². The Morgan fingerprint density at radius 3 is 2.87 bits per heavy atom. The maximum Gasteiger partial charge on any atom is 0.251 e. The topological polar surface area (TPSA) is 63.2 Å². The van der Waals surface area contributed by atoms with Crippen LogP contribution in [0.5, 0.6) is 5.75 Å². The molecule has 0 radical (unpaired) electrons. The van der Waals surface area contributed by atoms with Gasteiger partial charge in [0.25, 0.3) is 5.91 Å². The number of amides is 1. The zero-order valence-corrected chi connectivity index (χ0v) is 13.6. The van der Waals surface area contributed by atoms with E-state index in [2.05, 4.69) is 22.5 Å². The molecule has 1 aromatic carbocycles. The lowest BCUT2D eigenvalue weighted by Gasteiger charge is -2.09. The van der Waals surface area contributed by atoms with Crippen LogP contribution in [0.1, 0.15) is 36.5 Å². The lowest BCUT2D eigenvalue weighted by atomic mass is 10.2. The first-order valence-corrected chi connectivity index (χ1v) is 7.88. The minimum Gasteiger partial charge on any atom is -0.497 e. The molecule has 0 bridgehead atoms. The normalized spacial score (nSPS) is 10.2. The lowest BCUT2D eigenvalue weighted by molar-refractivity contribution is 0.0953. The van der Waals surface area contributed by atoms with Gasteiger partial charge < -0.3 is 15.4 Å². The van der Waals surface area contributed by atoms with Gasteiger partial charge in [-0.25, -0.2) is 4.98 Å². The van der Waals surface area contributed by atoms with Gasteiger partial charge in [-0.1, -0.05) is 25.8 Å². The fourth-order valence-corrected chi connectivity index (χ4v) is 2.17. The van der Waals surface area contributed by atoms with Crippen molar-refractivity contribution in [3.05, 3.63) is 48.2 Å². The summed E-state index contributed by atoms with van der Waals surface area (Å²) in [7, 11) is 1.63. The summed E-state index contributed by atoms with van der Waals surface area (Å²) in [6.07, 6.45) is 4.89. The Bertz CT molecular complexity index is 644. The maximum atomic E-state index is 12.1. The summed E-state index contributed by atoms with van der Waals surface area (Å²) in [5, 5.41) is 6.11. The first kappa shape index (κ1) is 16.8. The SMILES string of the molecule is CCCCCNC(=O)c1ccnc(Nc2cccc(OC)c2)c1. The van der Waals surface area contributed by atoms with Crippen LogP contribution in [0.15, 0.2) is 42.6 Å². The molecular weight excluding hydrogens is 290 g/mol. The number of hydrogen-bond acceptors (Lipinski definition) is 4. The van der Waals surface area contributed by atoms with Crippen molar-refractivity contribution in [3.8, 4) is 5.75 Å². The number of rotatable bonds is 8. The summed E-state index contributed by atoms with van der Waals surface area (Å²) in [5.74, 6) is 1.32. The first-order chi connectivity index (χ1) is 11.2. The predicted molar refractivity (Wildman–Crippen MR) is 92.4 cm³/mol. The zero-order chi connectivity index (χ0) is 16.5. The van der Waals surface area contributed by atoms with Crippen molar-refractivity contribution >= 4 is 17.4 Å². The van der Waals surface area contributed by atoms with Gasteiger partial charge in [-0.3, -0.25) is 4.79 Å². The van der Waals surface area contributed by atoms with Crippen molar-refractivity contribution in [2.75, 3.05) is 19.0 Å². The van der Waals surface area contributed by atoms with Gasteiger partial charge in [-0.15, -0.1) is 0 Å². The predicted octanol–water partition coefficient (Wildman–Crippen LogP) is 3.75. The Kier molecular flexibility index (Phi) is 6.41. The molecule has 23 heavy (non-hydrogen) atoms. The van der Waals surface area contributed by atoms with E-state index in [1.807, 2.05) is 24.3 Å². The van der Waals surface area contributed by atoms with E-state index in [0.717, 1.165) is 30.7 Å². The number of anilines is 2.